The van der Waals surface area contributed by atoms with Crippen molar-refractivity contribution < 1.29 is 9.90 Å². The number of tetrazole rings is 1. The van der Waals surface area contributed by atoms with Crippen molar-refractivity contribution in [2.24, 2.45) is 5.92 Å². The maximum Gasteiger partial charge on any atom is 0.303 e. The molecule has 2 aromatic heterocycles. The number of hydrogen-bond donors (Lipinski definition) is 2. The molecule has 1 atom stereocenters. The average molecular weight is 237 g/mol. The summed E-state index contributed by atoms with van der Waals surface area (Å²) in [4.78, 5) is 10.6. The summed E-state index contributed by atoms with van der Waals surface area (Å²) in [6.07, 6.45) is 1.57. The van der Waals surface area contributed by atoms with Crippen molar-refractivity contribution in [3.05, 3.63) is 6.20 Å². The van der Waals surface area contributed by atoms with E-state index in [0.717, 1.165) is 0 Å². The van der Waals surface area contributed by atoms with Gasteiger partial charge in [0.25, 0.3) is 0 Å². The zero-order valence-corrected chi connectivity index (χ0v) is 9.11. The third kappa shape index (κ3) is 2.62. The number of carboxylic acids is 1. The van der Waals surface area contributed by atoms with Gasteiger partial charge >= 0.3 is 5.97 Å². The molecule has 0 saturated carbocycles. The molecule has 0 spiro atoms. The Labute approximate surface area is 95.8 Å². The number of H-pyrrole nitrogens is 1. The van der Waals surface area contributed by atoms with Crippen molar-refractivity contribution in [2.75, 3.05) is 0 Å². The van der Waals surface area contributed by atoms with E-state index >= 15 is 0 Å². The van der Waals surface area contributed by atoms with Crippen LogP contribution < -0.4 is 0 Å². The van der Waals surface area contributed by atoms with Gasteiger partial charge in [-0.3, -0.25) is 4.79 Å². The van der Waals surface area contributed by atoms with Crippen molar-refractivity contribution in [3.63, 3.8) is 0 Å². The van der Waals surface area contributed by atoms with Crippen LogP contribution in [0.15, 0.2) is 6.20 Å². The Bertz CT molecular complexity index is 492. The zero-order chi connectivity index (χ0) is 12.3. The van der Waals surface area contributed by atoms with Crippen LogP contribution in [0.1, 0.15) is 13.3 Å². The molecule has 0 fully saturated rings. The van der Waals surface area contributed by atoms with Gasteiger partial charge in [-0.25, -0.2) is 4.68 Å². The molecule has 0 aromatic carbocycles. The topological polar surface area (TPSA) is 122 Å². The number of carboxylic acid groups (broad SMARTS) is 1. The Hall–Kier alpha value is -2.32. The van der Waals surface area contributed by atoms with E-state index in [1.165, 1.54) is 10.9 Å². The van der Waals surface area contributed by atoms with Crippen LogP contribution >= 0.6 is 0 Å². The summed E-state index contributed by atoms with van der Waals surface area (Å²) in [6.45, 7) is 2.24. The Morgan fingerprint density at radius 1 is 1.65 bits per heavy atom. The van der Waals surface area contributed by atoms with E-state index in [9.17, 15) is 4.79 Å². The minimum absolute atomic E-state index is 0.0676. The minimum Gasteiger partial charge on any atom is -0.481 e. The molecule has 2 heterocycles. The third-order valence-corrected chi connectivity index (χ3v) is 2.18. The van der Waals surface area contributed by atoms with Crippen LogP contribution in [0, 0.1) is 5.92 Å². The number of nitrogens with one attached hydrogen (secondary N) is 1. The van der Waals surface area contributed by atoms with Crippen molar-refractivity contribution in [1.29, 1.82) is 0 Å². The Kier molecular flexibility index (Phi) is 3.08. The van der Waals surface area contributed by atoms with Gasteiger partial charge in [-0.2, -0.15) is 15.4 Å². The lowest BCUT2D eigenvalue weighted by atomic mass is 10.1. The highest BCUT2D eigenvalue weighted by Crippen LogP contribution is 2.13. The van der Waals surface area contributed by atoms with Crippen LogP contribution in [0.4, 0.5) is 0 Å². The molecule has 0 aliphatic rings. The van der Waals surface area contributed by atoms with Crippen LogP contribution in [0.2, 0.25) is 0 Å². The molecule has 0 aliphatic carbocycles. The molecule has 0 saturated heterocycles. The summed E-state index contributed by atoms with van der Waals surface area (Å²) in [5.74, 6) is -0.439. The molecular formula is C8H11N7O2. The second-order valence-electron chi connectivity index (χ2n) is 3.74. The SMILES string of the molecule is CC(CC(=O)O)Cn1nnnc1-c1cn[nH]n1. The number of aromatic nitrogens is 7. The van der Waals surface area contributed by atoms with E-state index in [0.29, 0.717) is 18.1 Å². The molecular weight excluding hydrogens is 226 g/mol. The minimum atomic E-state index is -0.839. The normalized spacial score (nSPS) is 12.5. The predicted octanol–water partition coefficient (Wildman–Crippen LogP) is -0.431. The average Bonchev–Trinajstić information content (AvgIpc) is 2.84. The molecule has 1 unspecified atom stereocenters. The first-order chi connectivity index (χ1) is 8.16. The first-order valence-corrected chi connectivity index (χ1v) is 5.01. The van der Waals surface area contributed by atoms with Gasteiger partial charge in [0.2, 0.25) is 5.82 Å². The molecule has 17 heavy (non-hydrogen) atoms. The van der Waals surface area contributed by atoms with E-state index in [4.69, 9.17) is 5.11 Å². The monoisotopic (exact) mass is 237 g/mol. The van der Waals surface area contributed by atoms with Gasteiger partial charge in [-0.15, -0.1) is 5.10 Å². The van der Waals surface area contributed by atoms with Crippen LogP contribution in [0.25, 0.3) is 11.5 Å². The smallest absolute Gasteiger partial charge is 0.303 e. The van der Waals surface area contributed by atoms with Gasteiger partial charge in [0.05, 0.1) is 6.20 Å². The lowest BCUT2D eigenvalue weighted by molar-refractivity contribution is -0.138. The molecule has 9 heteroatoms. The van der Waals surface area contributed by atoms with Crippen molar-refractivity contribution in [1.82, 2.24) is 35.6 Å². The number of rotatable bonds is 5. The fourth-order valence-corrected chi connectivity index (χ4v) is 1.48. The van der Waals surface area contributed by atoms with Crippen molar-refractivity contribution >= 4 is 5.97 Å². The van der Waals surface area contributed by atoms with E-state index in [2.05, 4.69) is 30.9 Å². The highest BCUT2D eigenvalue weighted by molar-refractivity contribution is 5.66. The molecule has 2 aromatic rings. The van der Waals surface area contributed by atoms with Crippen LogP contribution in [0.5, 0.6) is 0 Å². The molecule has 0 radical (unpaired) electrons. The van der Waals surface area contributed by atoms with Gasteiger partial charge in [0.15, 0.2) is 5.69 Å². The highest BCUT2D eigenvalue weighted by Gasteiger charge is 2.15. The van der Waals surface area contributed by atoms with Crippen molar-refractivity contribution in [2.45, 2.75) is 19.9 Å². The summed E-state index contributed by atoms with van der Waals surface area (Å²) < 4.78 is 1.52. The van der Waals surface area contributed by atoms with Crippen LogP contribution in [-0.4, -0.2) is 46.7 Å². The van der Waals surface area contributed by atoms with Crippen molar-refractivity contribution in [3.8, 4) is 11.5 Å². The Morgan fingerprint density at radius 3 is 3.12 bits per heavy atom. The summed E-state index contributed by atoms with van der Waals surface area (Å²) in [5, 5.41) is 29.9. The standard InChI is InChI=1S/C8H11N7O2/c1-5(2-7(16)17)4-15-8(11-13-14-15)6-3-9-12-10-6/h3,5H,2,4H2,1H3,(H,16,17)(H,9,10,12). The van der Waals surface area contributed by atoms with Gasteiger partial charge < -0.3 is 5.11 Å². The molecule has 2 rings (SSSR count). The van der Waals surface area contributed by atoms with Crippen LogP contribution in [-0.2, 0) is 11.3 Å². The zero-order valence-electron chi connectivity index (χ0n) is 9.11. The van der Waals surface area contributed by atoms with Gasteiger partial charge in [0.1, 0.15) is 0 Å². The van der Waals surface area contributed by atoms with Gasteiger partial charge in [-0.05, 0) is 16.3 Å². The molecule has 9 nitrogen and oxygen atoms in total. The molecule has 0 amide bonds. The lowest BCUT2D eigenvalue weighted by Crippen LogP contribution is -2.14. The summed E-state index contributed by atoms with van der Waals surface area (Å²) >= 11 is 0. The number of aromatic amines is 1. The first-order valence-electron chi connectivity index (χ1n) is 5.01. The molecule has 2 N–H and O–H groups in total. The Morgan fingerprint density at radius 2 is 2.47 bits per heavy atom. The second kappa shape index (κ2) is 4.68. The predicted molar refractivity (Wildman–Crippen MR) is 54.6 cm³/mol. The molecule has 90 valence electrons. The fraction of sp³-hybridized carbons (Fsp3) is 0.500. The summed E-state index contributed by atoms with van der Waals surface area (Å²) in [5.41, 5.74) is 0.525. The maximum absolute atomic E-state index is 10.6. The molecule has 0 bridgehead atoms. The van der Waals surface area contributed by atoms with Gasteiger partial charge in [-0.1, -0.05) is 6.92 Å². The Balaban J connectivity index is 2.12. The number of carbonyl (C=O) groups is 1. The van der Waals surface area contributed by atoms with Crippen LogP contribution in [0.3, 0.4) is 0 Å². The number of aliphatic carboxylic acids is 1. The first kappa shape index (κ1) is 11.2. The maximum atomic E-state index is 10.6. The summed E-state index contributed by atoms with van der Waals surface area (Å²) in [7, 11) is 0. The number of hydrogen-bond acceptors (Lipinski definition) is 6. The summed E-state index contributed by atoms with van der Waals surface area (Å²) in [6, 6.07) is 0. The van der Waals surface area contributed by atoms with E-state index in [1.54, 1.807) is 0 Å². The quantitative estimate of drug-likeness (QED) is 0.723. The third-order valence-electron chi connectivity index (χ3n) is 2.18. The second-order valence-corrected chi connectivity index (χ2v) is 3.74. The van der Waals surface area contributed by atoms with E-state index < -0.39 is 5.97 Å². The number of nitrogens with zero attached hydrogens (tertiary/aromatic N) is 6. The lowest BCUT2D eigenvalue weighted by Gasteiger charge is -2.08. The molecule has 0 aliphatic heterocycles. The van der Waals surface area contributed by atoms with Gasteiger partial charge in [0, 0.05) is 13.0 Å². The largest absolute Gasteiger partial charge is 0.481 e. The highest BCUT2D eigenvalue weighted by atomic mass is 16.4. The fourth-order valence-electron chi connectivity index (χ4n) is 1.48. The van der Waals surface area contributed by atoms with E-state index in [1.807, 2.05) is 6.92 Å². The van der Waals surface area contributed by atoms with E-state index in [-0.39, 0.29) is 12.3 Å².